The molecule has 4 fully saturated rings. The molecule has 1 amide bonds. The van der Waals surface area contributed by atoms with Crippen LogP contribution in [0.25, 0.3) is 11.3 Å². The zero-order chi connectivity index (χ0) is 20.3. The molecule has 1 aromatic carbocycles. The SMILES string of the molecule is O=C(Nc1cnn(C23CC4CC(CC(C4)C2)C3)c1)c1cc(-c2ccc(F)cc2)no1. The van der Waals surface area contributed by atoms with Gasteiger partial charge in [0.25, 0.3) is 5.91 Å². The van der Waals surface area contributed by atoms with Crippen LogP contribution in [-0.4, -0.2) is 20.8 Å². The summed E-state index contributed by atoms with van der Waals surface area (Å²) >= 11 is 0. The molecule has 0 aliphatic heterocycles. The minimum atomic E-state index is -0.374. The van der Waals surface area contributed by atoms with E-state index in [0.29, 0.717) is 16.9 Å². The van der Waals surface area contributed by atoms with Crippen molar-refractivity contribution in [3.63, 3.8) is 0 Å². The van der Waals surface area contributed by atoms with Crippen LogP contribution < -0.4 is 5.32 Å². The van der Waals surface area contributed by atoms with Crippen LogP contribution in [0.1, 0.15) is 49.1 Å². The van der Waals surface area contributed by atoms with Crippen molar-refractivity contribution in [2.45, 2.75) is 44.1 Å². The molecule has 0 saturated heterocycles. The van der Waals surface area contributed by atoms with Gasteiger partial charge in [0, 0.05) is 17.8 Å². The second-order valence-electron chi connectivity index (χ2n) is 9.35. The summed E-state index contributed by atoms with van der Waals surface area (Å²) < 4.78 is 20.4. The molecule has 2 heterocycles. The van der Waals surface area contributed by atoms with Crippen molar-refractivity contribution in [2.24, 2.45) is 17.8 Å². The molecule has 0 unspecified atom stereocenters. The van der Waals surface area contributed by atoms with E-state index in [-0.39, 0.29) is 23.0 Å². The van der Waals surface area contributed by atoms with E-state index in [1.54, 1.807) is 24.4 Å². The first-order valence-electron chi connectivity index (χ1n) is 10.7. The summed E-state index contributed by atoms with van der Waals surface area (Å²) in [6.07, 6.45) is 11.4. The average Bonchev–Trinajstić information content (AvgIpc) is 3.38. The van der Waals surface area contributed by atoms with E-state index in [9.17, 15) is 9.18 Å². The van der Waals surface area contributed by atoms with Gasteiger partial charge in [-0.2, -0.15) is 5.10 Å². The summed E-state index contributed by atoms with van der Waals surface area (Å²) in [5.74, 6) is 1.90. The summed E-state index contributed by atoms with van der Waals surface area (Å²) in [7, 11) is 0. The minimum Gasteiger partial charge on any atom is -0.350 e. The van der Waals surface area contributed by atoms with E-state index in [0.717, 1.165) is 17.8 Å². The Morgan fingerprint density at radius 2 is 1.77 bits per heavy atom. The van der Waals surface area contributed by atoms with Gasteiger partial charge in [0.15, 0.2) is 0 Å². The number of halogens is 1. The topological polar surface area (TPSA) is 73.0 Å². The number of aromatic nitrogens is 3. The standard InChI is InChI=1S/C23H23FN4O2/c24-18-3-1-17(2-4-18)20-8-21(30-27-20)22(29)26-19-12-25-28(13-19)23-9-14-5-15(10-23)7-16(6-14)11-23/h1-4,8,12-16H,5-7,9-11H2,(H,26,29). The fraction of sp³-hybridized carbons (Fsp3) is 0.435. The zero-order valence-corrected chi connectivity index (χ0v) is 16.6. The van der Waals surface area contributed by atoms with E-state index in [2.05, 4.69) is 20.3 Å². The van der Waals surface area contributed by atoms with Crippen LogP contribution in [0.4, 0.5) is 10.1 Å². The van der Waals surface area contributed by atoms with Gasteiger partial charge < -0.3 is 9.84 Å². The number of carbonyl (C=O) groups excluding carboxylic acids is 1. The fourth-order valence-electron chi connectivity index (χ4n) is 6.32. The maximum absolute atomic E-state index is 13.1. The van der Waals surface area contributed by atoms with Crippen LogP contribution in [0.3, 0.4) is 0 Å². The molecule has 4 bridgehead atoms. The summed E-state index contributed by atoms with van der Waals surface area (Å²) in [5.41, 5.74) is 1.97. The number of rotatable bonds is 4. The summed E-state index contributed by atoms with van der Waals surface area (Å²) in [5, 5.41) is 11.4. The van der Waals surface area contributed by atoms with Crippen molar-refractivity contribution < 1.29 is 13.7 Å². The molecule has 1 N–H and O–H groups in total. The van der Waals surface area contributed by atoms with E-state index in [1.807, 2.05) is 6.20 Å². The van der Waals surface area contributed by atoms with Gasteiger partial charge in [0.2, 0.25) is 5.76 Å². The predicted octanol–water partition coefficient (Wildman–Crippen LogP) is 4.85. The van der Waals surface area contributed by atoms with Gasteiger partial charge in [-0.3, -0.25) is 9.48 Å². The molecule has 7 heteroatoms. The Morgan fingerprint density at radius 1 is 1.10 bits per heavy atom. The normalized spacial score (nSPS) is 29.3. The third kappa shape index (κ3) is 2.95. The average molecular weight is 406 g/mol. The number of anilines is 1. The lowest BCUT2D eigenvalue weighted by Gasteiger charge is -2.56. The number of nitrogens with one attached hydrogen (secondary N) is 1. The number of nitrogens with zero attached hydrogens (tertiary/aromatic N) is 3. The highest BCUT2D eigenvalue weighted by molar-refractivity contribution is 6.02. The Kier molecular flexibility index (Phi) is 3.88. The molecule has 3 aromatic rings. The Labute approximate surface area is 173 Å². The van der Waals surface area contributed by atoms with E-state index in [4.69, 9.17) is 4.52 Å². The number of hydrogen-bond acceptors (Lipinski definition) is 4. The summed E-state index contributed by atoms with van der Waals surface area (Å²) in [6.45, 7) is 0. The highest BCUT2D eigenvalue weighted by atomic mass is 19.1. The third-order valence-corrected chi connectivity index (χ3v) is 7.21. The number of hydrogen-bond donors (Lipinski definition) is 1. The highest BCUT2D eigenvalue weighted by Crippen LogP contribution is 2.58. The first-order chi connectivity index (χ1) is 14.6. The van der Waals surface area contributed by atoms with Crippen LogP contribution in [0, 0.1) is 23.6 Å². The lowest BCUT2D eigenvalue weighted by Crippen LogP contribution is -2.52. The largest absolute Gasteiger partial charge is 0.350 e. The Morgan fingerprint density at radius 3 is 2.43 bits per heavy atom. The van der Waals surface area contributed by atoms with Gasteiger partial charge in [-0.25, -0.2) is 4.39 Å². The highest BCUT2D eigenvalue weighted by Gasteiger charge is 2.52. The predicted molar refractivity (Wildman–Crippen MR) is 108 cm³/mol. The van der Waals surface area contributed by atoms with Crippen LogP contribution in [0.15, 0.2) is 47.2 Å². The lowest BCUT2D eigenvalue weighted by atomic mass is 9.53. The van der Waals surface area contributed by atoms with Crippen LogP contribution in [-0.2, 0) is 5.54 Å². The number of carbonyl (C=O) groups is 1. The van der Waals surface area contributed by atoms with Gasteiger partial charge in [0.1, 0.15) is 11.5 Å². The second kappa shape index (κ2) is 6.52. The van der Waals surface area contributed by atoms with Crippen molar-refractivity contribution in [1.29, 1.82) is 0 Å². The molecule has 4 aliphatic rings. The molecule has 4 aliphatic carbocycles. The molecule has 6 nitrogen and oxygen atoms in total. The molecular formula is C23H23FN4O2. The fourth-order valence-corrected chi connectivity index (χ4v) is 6.32. The quantitative estimate of drug-likeness (QED) is 0.672. The molecule has 154 valence electrons. The van der Waals surface area contributed by atoms with Gasteiger partial charge in [-0.15, -0.1) is 0 Å². The maximum Gasteiger partial charge on any atom is 0.294 e. The lowest BCUT2D eigenvalue weighted by molar-refractivity contribution is -0.0493. The molecule has 30 heavy (non-hydrogen) atoms. The number of benzene rings is 1. The molecule has 0 radical (unpaired) electrons. The Hall–Kier alpha value is -2.96. The third-order valence-electron chi connectivity index (χ3n) is 7.21. The van der Waals surface area contributed by atoms with E-state index >= 15 is 0 Å². The monoisotopic (exact) mass is 406 g/mol. The molecule has 2 aromatic heterocycles. The maximum atomic E-state index is 13.1. The first-order valence-corrected chi connectivity index (χ1v) is 10.7. The second-order valence-corrected chi connectivity index (χ2v) is 9.35. The Bertz CT molecular complexity index is 1070. The Balaban J connectivity index is 1.18. The summed E-state index contributed by atoms with van der Waals surface area (Å²) in [4.78, 5) is 12.6. The molecule has 0 spiro atoms. The van der Waals surface area contributed by atoms with E-state index in [1.165, 1.54) is 50.7 Å². The van der Waals surface area contributed by atoms with Crippen molar-refractivity contribution in [1.82, 2.24) is 14.9 Å². The van der Waals surface area contributed by atoms with Gasteiger partial charge in [0.05, 0.1) is 17.4 Å². The van der Waals surface area contributed by atoms with Crippen molar-refractivity contribution >= 4 is 11.6 Å². The number of amides is 1. The van der Waals surface area contributed by atoms with Gasteiger partial charge >= 0.3 is 0 Å². The van der Waals surface area contributed by atoms with Crippen molar-refractivity contribution in [3.8, 4) is 11.3 Å². The van der Waals surface area contributed by atoms with Crippen LogP contribution in [0.5, 0.6) is 0 Å². The van der Waals surface area contributed by atoms with Crippen molar-refractivity contribution in [2.75, 3.05) is 5.32 Å². The molecule has 4 saturated carbocycles. The molecular weight excluding hydrogens is 383 g/mol. The van der Waals surface area contributed by atoms with Gasteiger partial charge in [-0.05, 0) is 80.5 Å². The summed E-state index contributed by atoms with van der Waals surface area (Å²) in [6, 6.07) is 7.46. The van der Waals surface area contributed by atoms with Crippen molar-refractivity contribution in [3.05, 3.63) is 54.3 Å². The van der Waals surface area contributed by atoms with Gasteiger partial charge in [-0.1, -0.05) is 5.16 Å². The molecule has 0 atom stereocenters. The van der Waals surface area contributed by atoms with Crippen LogP contribution >= 0.6 is 0 Å². The minimum absolute atomic E-state index is 0.108. The van der Waals surface area contributed by atoms with Crippen LogP contribution in [0.2, 0.25) is 0 Å². The zero-order valence-electron chi connectivity index (χ0n) is 16.6. The van der Waals surface area contributed by atoms with E-state index < -0.39 is 0 Å². The smallest absolute Gasteiger partial charge is 0.294 e. The molecule has 7 rings (SSSR count). The first kappa shape index (κ1) is 17.9.